The van der Waals surface area contributed by atoms with E-state index in [1.54, 1.807) is 32.9 Å². The highest BCUT2D eigenvalue weighted by atomic mass is 32.2. The van der Waals surface area contributed by atoms with Gasteiger partial charge in [-0.1, -0.05) is 33.8 Å². The number of primary amides is 1. The zero-order valence-corrected chi connectivity index (χ0v) is 17.4. The van der Waals surface area contributed by atoms with E-state index in [2.05, 4.69) is 10.6 Å². The SMILES string of the molecule is CCN(CC)S(=O)(=O)c1cc(NC(=O)C(CC(C)C)NC(N)=O)ccc1C. The molecule has 0 aliphatic carbocycles. The maximum atomic E-state index is 12.8. The fraction of sp³-hybridized carbons (Fsp3) is 0.556. The Hall–Kier alpha value is -2.13. The molecule has 0 bridgehead atoms. The predicted molar refractivity (Wildman–Crippen MR) is 106 cm³/mol. The minimum Gasteiger partial charge on any atom is -0.352 e. The Morgan fingerprint density at radius 3 is 2.26 bits per heavy atom. The normalized spacial score (nSPS) is 12.9. The van der Waals surface area contributed by atoms with E-state index < -0.39 is 28.0 Å². The highest BCUT2D eigenvalue weighted by Gasteiger charge is 2.25. The number of hydrogen-bond acceptors (Lipinski definition) is 4. The van der Waals surface area contributed by atoms with E-state index in [1.807, 2.05) is 13.8 Å². The van der Waals surface area contributed by atoms with Crippen LogP contribution in [0.15, 0.2) is 23.1 Å². The molecule has 1 aromatic carbocycles. The van der Waals surface area contributed by atoms with E-state index in [1.165, 1.54) is 10.4 Å². The first-order valence-corrected chi connectivity index (χ1v) is 10.4. The van der Waals surface area contributed by atoms with Crippen molar-refractivity contribution in [1.82, 2.24) is 9.62 Å². The monoisotopic (exact) mass is 398 g/mol. The van der Waals surface area contributed by atoms with Crippen molar-refractivity contribution in [1.29, 1.82) is 0 Å². The maximum Gasteiger partial charge on any atom is 0.312 e. The number of sulfonamides is 1. The molecule has 1 aromatic rings. The molecular formula is C18H30N4O4S. The summed E-state index contributed by atoms with van der Waals surface area (Å²) in [6, 6.07) is 3.13. The fourth-order valence-corrected chi connectivity index (χ4v) is 4.47. The molecule has 152 valence electrons. The summed E-state index contributed by atoms with van der Waals surface area (Å²) in [7, 11) is -3.66. The molecule has 0 fully saturated rings. The second-order valence-electron chi connectivity index (χ2n) is 6.75. The minimum atomic E-state index is -3.66. The van der Waals surface area contributed by atoms with Crippen molar-refractivity contribution in [3.05, 3.63) is 23.8 Å². The first-order chi connectivity index (χ1) is 12.5. The lowest BCUT2D eigenvalue weighted by atomic mass is 10.0. The van der Waals surface area contributed by atoms with Gasteiger partial charge in [-0.25, -0.2) is 13.2 Å². The van der Waals surface area contributed by atoms with Crippen LogP contribution in [0.25, 0.3) is 0 Å². The molecule has 8 nitrogen and oxygen atoms in total. The molecule has 27 heavy (non-hydrogen) atoms. The summed E-state index contributed by atoms with van der Waals surface area (Å²) in [4.78, 5) is 23.8. The van der Waals surface area contributed by atoms with Crippen LogP contribution in [0.3, 0.4) is 0 Å². The van der Waals surface area contributed by atoms with E-state index >= 15 is 0 Å². The molecule has 0 saturated carbocycles. The average molecular weight is 399 g/mol. The number of carbonyl (C=O) groups excluding carboxylic acids is 2. The van der Waals surface area contributed by atoms with Crippen LogP contribution in [-0.4, -0.2) is 43.8 Å². The maximum absolute atomic E-state index is 12.8. The van der Waals surface area contributed by atoms with Crippen molar-refractivity contribution in [3.63, 3.8) is 0 Å². The van der Waals surface area contributed by atoms with E-state index in [0.29, 0.717) is 30.8 Å². The van der Waals surface area contributed by atoms with E-state index in [0.717, 1.165) is 0 Å². The first kappa shape index (κ1) is 22.9. The number of aryl methyl sites for hydroxylation is 1. The van der Waals surface area contributed by atoms with Crippen molar-refractivity contribution in [3.8, 4) is 0 Å². The molecule has 1 rings (SSSR count). The largest absolute Gasteiger partial charge is 0.352 e. The van der Waals surface area contributed by atoms with Crippen molar-refractivity contribution in [2.24, 2.45) is 11.7 Å². The second-order valence-corrected chi connectivity index (χ2v) is 8.66. The third-order valence-corrected chi connectivity index (χ3v) is 6.31. The van der Waals surface area contributed by atoms with Gasteiger partial charge >= 0.3 is 6.03 Å². The summed E-state index contributed by atoms with van der Waals surface area (Å²) in [5.41, 5.74) is 6.09. The lowest BCUT2D eigenvalue weighted by Gasteiger charge is -2.21. The van der Waals surface area contributed by atoms with Gasteiger partial charge in [0.1, 0.15) is 6.04 Å². The molecule has 1 unspecified atom stereocenters. The van der Waals surface area contributed by atoms with Crippen LogP contribution in [0.5, 0.6) is 0 Å². The molecular weight excluding hydrogens is 368 g/mol. The van der Waals surface area contributed by atoms with Gasteiger partial charge in [-0.3, -0.25) is 4.79 Å². The quantitative estimate of drug-likeness (QED) is 0.589. The predicted octanol–water partition coefficient (Wildman–Crippen LogP) is 2.05. The van der Waals surface area contributed by atoms with Crippen molar-refractivity contribution < 1.29 is 18.0 Å². The number of nitrogens with one attached hydrogen (secondary N) is 2. The summed E-state index contributed by atoms with van der Waals surface area (Å²) in [5, 5.41) is 5.10. The summed E-state index contributed by atoms with van der Waals surface area (Å²) in [6.45, 7) is 9.80. The van der Waals surface area contributed by atoms with Crippen LogP contribution in [-0.2, 0) is 14.8 Å². The van der Waals surface area contributed by atoms with Crippen LogP contribution in [0.4, 0.5) is 10.5 Å². The molecule has 9 heteroatoms. The molecule has 0 saturated heterocycles. The lowest BCUT2D eigenvalue weighted by Crippen LogP contribution is -2.46. The number of nitrogens with zero attached hydrogens (tertiary/aromatic N) is 1. The first-order valence-electron chi connectivity index (χ1n) is 9.00. The van der Waals surface area contributed by atoms with Gasteiger partial charge < -0.3 is 16.4 Å². The number of rotatable bonds is 9. The van der Waals surface area contributed by atoms with Gasteiger partial charge in [0.15, 0.2) is 0 Å². The number of amides is 3. The second kappa shape index (κ2) is 9.70. The fourth-order valence-electron chi connectivity index (χ4n) is 2.76. The Kier molecular flexibility index (Phi) is 8.23. The standard InChI is InChI=1S/C18H30N4O4S/c1-6-22(7-2)27(25,26)16-11-14(9-8-13(16)5)20-17(23)15(10-12(3)4)21-18(19)24/h8-9,11-12,15H,6-7,10H2,1-5H3,(H,20,23)(H3,19,21,24). The van der Waals surface area contributed by atoms with Gasteiger partial charge in [-0.2, -0.15) is 4.31 Å². The highest BCUT2D eigenvalue weighted by molar-refractivity contribution is 7.89. The van der Waals surface area contributed by atoms with Crippen LogP contribution >= 0.6 is 0 Å². The van der Waals surface area contributed by atoms with Gasteiger partial charge in [0, 0.05) is 18.8 Å². The van der Waals surface area contributed by atoms with Crippen molar-refractivity contribution >= 4 is 27.6 Å². The average Bonchev–Trinajstić information content (AvgIpc) is 2.55. The van der Waals surface area contributed by atoms with Crippen molar-refractivity contribution in [2.45, 2.75) is 52.0 Å². The van der Waals surface area contributed by atoms with Gasteiger partial charge in [0.05, 0.1) is 4.90 Å². The van der Waals surface area contributed by atoms with Crippen LogP contribution in [0.1, 0.15) is 39.7 Å². The summed E-state index contributed by atoms with van der Waals surface area (Å²) in [5.74, 6) is -0.290. The number of anilines is 1. The van der Waals surface area contributed by atoms with Crippen LogP contribution < -0.4 is 16.4 Å². The highest BCUT2D eigenvalue weighted by Crippen LogP contribution is 2.24. The molecule has 1 atom stereocenters. The molecule has 0 aliphatic heterocycles. The zero-order valence-electron chi connectivity index (χ0n) is 16.6. The third-order valence-electron chi connectivity index (χ3n) is 4.12. The van der Waals surface area contributed by atoms with Gasteiger partial charge in [0.25, 0.3) is 0 Å². The molecule has 0 radical (unpaired) electrons. The van der Waals surface area contributed by atoms with E-state index in [9.17, 15) is 18.0 Å². The molecule has 0 aromatic heterocycles. The molecule has 0 aliphatic rings. The Balaban J connectivity index is 3.15. The zero-order chi connectivity index (χ0) is 20.8. The Bertz CT molecular complexity index is 774. The van der Waals surface area contributed by atoms with Gasteiger partial charge in [-0.05, 0) is 37.0 Å². The topological polar surface area (TPSA) is 122 Å². The number of carbonyl (C=O) groups is 2. The Morgan fingerprint density at radius 2 is 1.78 bits per heavy atom. The molecule has 0 heterocycles. The summed E-state index contributed by atoms with van der Waals surface area (Å²) < 4.78 is 27.0. The number of nitrogens with two attached hydrogens (primary N) is 1. The van der Waals surface area contributed by atoms with Crippen LogP contribution in [0.2, 0.25) is 0 Å². The summed E-state index contributed by atoms with van der Waals surface area (Å²) in [6.07, 6.45) is 0.408. The van der Waals surface area contributed by atoms with Gasteiger partial charge in [0.2, 0.25) is 15.9 Å². The Morgan fingerprint density at radius 1 is 1.19 bits per heavy atom. The molecule has 0 spiro atoms. The minimum absolute atomic E-state index is 0.146. The lowest BCUT2D eigenvalue weighted by molar-refractivity contribution is -0.118. The van der Waals surface area contributed by atoms with Gasteiger partial charge in [-0.15, -0.1) is 0 Å². The number of hydrogen-bond donors (Lipinski definition) is 3. The number of benzene rings is 1. The van der Waals surface area contributed by atoms with E-state index in [-0.39, 0.29) is 10.8 Å². The molecule has 3 amide bonds. The smallest absolute Gasteiger partial charge is 0.312 e. The van der Waals surface area contributed by atoms with Crippen LogP contribution in [0, 0.1) is 12.8 Å². The van der Waals surface area contributed by atoms with Crippen molar-refractivity contribution in [2.75, 3.05) is 18.4 Å². The third kappa shape index (κ3) is 6.21. The molecule has 4 N–H and O–H groups in total. The number of urea groups is 1. The van der Waals surface area contributed by atoms with E-state index in [4.69, 9.17) is 5.73 Å². The Labute approximate surface area is 161 Å². The summed E-state index contributed by atoms with van der Waals surface area (Å²) >= 11 is 0.